The zero-order valence-electron chi connectivity index (χ0n) is 21.0. The second-order valence-corrected chi connectivity index (χ2v) is 13.7. The van der Waals surface area contributed by atoms with Crippen LogP contribution in [0.1, 0.15) is 33.6 Å². The third kappa shape index (κ3) is 6.54. The van der Waals surface area contributed by atoms with Gasteiger partial charge in [-0.2, -0.15) is 0 Å². The van der Waals surface area contributed by atoms with E-state index in [9.17, 15) is 26.0 Å². The molecule has 0 aliphatic carbocycles. The fourth-order valence-corrected chi connectivity index (χ4v) is 5.78. The first-order valence-corrected chi connectivity index (χ1v) is 14.4. The van der Waals surface area contributed by atoms with Crippen molar-refractivity contribution in [2.24, 2.45) is 5.92 Å². The number of hydrogen-bond acceptors (Lipinski definition) is 7. The lowest BCUT2D eigenvalue weighted by Crippen LogP contribution is -2.39. The van der Waals surface area contributed by atoms with Crippen molar-refractivity contribution in [3.05, 3.63) is 48.3 Å². The van der Waals surface area contributed by atoms with Crippen molar-refractivity contribution >= 4 is 37.4 Å². The van der Waals surface area contributed by atoms with Crippen LogP contribution < -0.4 is 9.62 Å². The lowest BCUT2D eigenvalue weighted by Gasteiger charge is -2.34. The Balaban J connectivity index is 1.79. The molecule has 198 valence electrons. The third-order valence-corrected chi connectivity index (χ3v) is 8.90. The van der Waals surface area contributed by atoms with E-state index in [0.717, 1.165) is 10.4 Å². The molecule has 0 aromatic heterocycles. The fraction of sp³-hybridized carbons (Fsp3) is 0.458. The Bertz CT molecular complexity index is 1310. The van der Waals surface area contributed by atoms with E-state index in [1.807, 2.05) is 25.7 Å². The first kappa shape index (κ1) is 27.9. The van der Waals surface area contributed by atoms with Crippen LogP contribution in [0, 0.1) is 11.7 Å². The Morgan fingerprint density at radius 3 is 2.08 bits per heavy atom. The molecule has 3 rings (SSSR count). The standard InChI is InChI=1S/C24H32FN3O6S2/c1-24(2,3)34-23(29)17-12-14-28(15-13-17)22-11-6-18(25)16-21(22)26-35(30,31)19-7-9-20(10-8-19)36(32,33)27(4)5/h6-11,16-17,26H,12-15H2,1-5H3. The molecule has 0 bridgehead atoms. The maximum absolute atomic E-state index is 14.1. The van der Waals surface area contributed by atoms with Gasteiger partial charge in [0.15, 0.2) is 0 Å². The summed E-state index contributed by atoms with van der Waals surface area (Å²) < 4.78 is 73.6. The van der Waals surface area contributed by atoms with Gasteiger partial charge in [0.05, 0.1) is 27.1 Å². The lowest BCUT2D eigenvalue weighted by molar-refractivity contribution is -0.160. The Hall–Kier alpha value is -2.70. The van der Waals surface area contributed by atoms with Crippen LogP contribution in [-0.4, -0.2) is 59.9 Å². The van der Waals surface area contributed by atoms with Gasteiger partial charge in [0, 0.05) is 33.3 Å². The maximum Gasteiger partial charge on any atom is 0.309 e. The number of nitrogens with one attached hydrogen (secondary N) is 1. The number of hydrogen-bond donors (Lipinski definition) is 1. The van der Waals surface area contributed by atoms with Gasteiger partial charge >= 0.3 is 5.97 Å². The number of anilines is 2. The molecule has 2 aromatic rings. The van der Waals surface area contributed by atoms with Gasteiger partial charge in [-0.3, -0.25) is 9.52 Å². The van der Waals surface area contributed by atoms with Crippen LogP contribution in [-0.2, 0) is 29.6 Å². The molecule has 0 amide bonds. The molecule has 9 nitrogen and oxygen atoms in total. The zero-order chi connectivity index (χ0) is 26.9. The summed E-state index contributed by atoms with van der Waals surface area (Å²) in [5, 5.41) is 0. The molecule has 0 unspecified atom stereocenters. The molecule has 12 heteroatoms. The van der Waals surface area contributed by atoms with Gasteiger partial charge in [0.2, 0.25) is 10.0 Å². The summed E-state index contributed by atoms with van der Waals surface area (Å²) in [6, 6.07) is 8.61. The monoisotopic (exact) mass is 541 g/mol. The molecule has 0 saturated carbocycles. The largest absolute Gasteiger partial charge is 0.460 e. The third-order valence-electron chi connectivity index (χ3n) is 5.69. The highest BCUT2D eigenvalue weighted by Gasteiger charge is 2.30. The summed E-state index contributed by atoms with van der Waals surface area (Å²) in [7, 11) is -5.10. The number of carbonyl (C=O) groups excluding carboxylic acids is 1. The number of sulfonamides is 2. The van der Waals surface area contributed by atoms with Crippen LogP contribution in [0.15, 0.2) is 52.3 Å². The van der Waals surface area contributed by atoms with Crippen molar-refractivity contribution in [1.82, 2.24) is 4.31 Å². The van der Waals surface area contributed by atoms with Gasteiger partial charge in [0.1, 0.15) is 11.4 Å². The number of carbonyl (C=O) groups is 1. The van der Waals surface area contributed by atoms with E-state index in [-0.39, 0.29) is 27.4 Å². The van der Waals surface area contributed by atoms with Crippen LogP contribution >= 0.6 is 0 Å². The number of rotatable bonds is 7. The number of benzene rings is 2. The smallest absolute Gasteiger partial charge is 0.309 e. The molecule has 1 aliphatic rings. The molecule has 1 aliphatic heterocycles. The molecule has 0 atom stereocenters. The van der Waals surface area contributed by atoms with Crippen molar-refractivity contribution in [3.8, 4) is 0 Å². The van der Waals surface area contributed by atoms with Crippen LogP contribution in [0.3, 0.4) is 0 Å². The summed E-state index contributed by atoms with van der Waals surface area (Å²) in [5.41, 5.74) is -0.0454. The molecule has 0 radical (unpaired) electrons. The SMILES string of the molecule is CN(C)S(=O)(=O)c1ccc(S(=O)(=O)Nc2cc(F)ccc2N2CCC(C(=O)OC(C)(C)C)CC2)cc1. The molecular formula is C24H32FN3O6S2. The van der Waals surface area contributed by atoms with Crippen LogP contribution in [0.25, 0.3) is 0 Å². The van der Waals surface area contributed by atoms with Crippen LogP contribution in [0.4, 0.5) is 15.8 Å². The number of esters is 1. The summed E-state index contributed by atoms with van der Waals surface area (Å²) >= 11 is 0. The number of halogens is 1. The van der Waals surface area contributed by atoms with E-state index >= 15 is 0 Å². The van der Waals surface area contributed by atoms with Gasteiger partial charge in [-0.15, -0.1) is 0 Å². The quantitative estimate of drug-likeness (QED) is 0.535. The minimum absolute atomic E-state index is 0.0502. The molecule has 2 aromatic carbocycles. The van der Waals surface area contributed by atoms with Crippen molar-refractivity contribution in [1.29, 1.82) is 0 Å². The number of nitrogens with zero attached hydrogens (tertiary/aromatic N) is 2. The number of ether oxygens (including phenoxy) is 1. The van der Waals surface area contributed by atoms with Crippen LogP contribution in [0.5, 0.6) is 0 Å². The van der Waals surface area contributed by atoms with Gasteiger partial charge in [-0.25, -0.2) is 25.5 Å². The van der Waals surface area contributed by atoms with Gasteiger partial charge in [-0.1, -0.05) is 0 Å². The molecule has 0 spiro atoms. The van der Waals surface area contributed by atoms with Gasteiger partial charge in [0.25, 0.3) is 10.0 Å². The average molecular weight is 542 g/mol. The maximum atomic E-state index is 14.1. The zero-order valence-corrected chi connectivity index (χ0v) is 22.6. The second kappa shape index (κ2) is 10.3. The Morgan fingerprint density at radius 2 is 1.56 bits per heavy atom. The van der Waals surface area contributed by atoms with E-state index in [0.29, 0.717) is 31.6 Å². The molecule has 36 heavy (non-hydrogen) atoms. The van der Waals surface area contributed by atoms with Crippen molar-refractivity contribution in [2.75, 3.05) is 36.8 Å². The average Bonchev–Trinajstić information content (AvgIpc) is 2.78. The Kier molecular flexibility index (Phi) is 8.01. The Morgan fingerprint density at radius 1 is 1.00 bits per heavy atom. The van der Waals surface area contributed by atoms with Gasteiger partial charge < -0.3 is 9.64 Å². The second-order valence-electron chi connectivity index (χ2n) is 9.82. The summed E-state index contributed by atoms with van der Waals surface area (Å²) in [5.74, 6) is -1.15. The normalized spacial score (nSPS) is 15.7. The summed E-state index contributed by atoms with van der Waals surface area (Å²) in [6.45, 7) is 6.35. The van der Waals surface area contributed by atoms with E-state index in [4.69, 9.17) is 4.74 Å². The highest BCUT2D eigenvalue weighted by atomic mass is 32.2. The molecule has 1 saturated heterocycles. The minimum Gasteiger partial charge on any atom is -0.460 e. The van der Waals surface area contributed by atoms with Crippen molar-refractivity contribution < 1.29 is 30.8 Å². The van der Waals surface area contributed by atoms with E-state index < -0.39 is 31.5 Å². The van der Waals surface area contributed by atoms with Crippen LogP contribution in [0.2, 0.25) is 0 Å². The first-order valence-electron chi connectivity index (χ1n) is 11.4. The topological polar surface area (TPSA) is 113 Å². The lowest BCUT2D eigenvalue weighted by atomic mass is 9.96. The highest BCUT2D eigenvalue weighted by molar-refractivity contribution is 7.92. The highest BCUT2D eigenvalue weighted by Crippen LogP contribution is 2.33. The predicted molar refractivity (Wildman–Crippen MR) is 135 cm³/mol. The molecule has 1 N–H and O–H groups in total. The number of piperidine rings is 1. The van der Waals surface area contributed by atoms with Crippen molar-refractivity contribution in [2.45, 2.75) is 49.0 Å². The summed E-state index contributed by atoms with van der Waals surface area (Å²) in [6.07, 6.45) is 1.03. The fourth-order valence-electron chi connectivity index (χ4n) is 3.81. The van der Waals surface area contributed by atoms with Gasteiger partial charge in [-0.05, 0) is 70.0 Å². The first-order chi connectivity index (χ1) is 16.6. The predicted octanol–water partition coefficient (Wildman–Crippen LogP) is 3.43. The van der Waals surface area contributed by atoms with E-state index in [2.05, 4.69) is 4.72 Å². The van der Waals surface area contributed by atoms with Crippen molar-refractivity contribution in [3.63, 3.8) is 0 Å². The minimum atomic E-state index is -4.14. The van der Waals surface area contributed by atoms with E-state index in [1.54, 1.807) is 0 Å². The molecule has 1 heterocycles. The Labute approximate surface area is 212 Å². The van der Waals surface area contributed by atoms with E-state index in [1.165, 1.54) is 50.5 Å². The molecule has 1 fully saturated rings. The summed E-state index contributed by atoms with van der Waals surface area (Å²) in [4.78, 5) is 14.1. The molecular weight excluding hydrogens is 509 g/mol.